The predicted molar refractivity (Wildman–Crippen MR) is 79.6 cm³/mol. The molecule has 1 N–H and O–H groups in total. The predicted octanol–water partition coefficient (Wildman–Crippen LogP) is 3.70. The molecule has 2 aliphatic carbocycles. The lowest BCUT2D eigenvalue weighted by Crippen LogP contribution is -2.29. The number of benzene rings is 1. The lowest BCUT2D eigenvalue weighted by molar-refractivity contribution is 0.281. The van der Waals surface area contributed by atoms with Gasteiger partial charge < -0.3 is 10.0 Å². The molecule has 2 fully saturated rings. The van der Waals surface area contributed by atoms with Crippen LogP contribution in [0.25, 0.3) is 0 Å². The SMILES string of the molecule is CN(CC1CC2CCC1C2)c1ccc(Cl)cc1CO. The summed E-state index contributed by atoms with van der Waals surface area (Å²) in [5, 5.41) is 10.2. The highest BCUT2D eigenvalue weighted by molar-refractivity contribution is 6.30. The summed E-state index contributed by atoms with van der Waals surface area (Å²) in [5.41, 5.74) is 2.05. The summed E-state index contributed by atoms with van der Waals surface area (Å²) < 4.78 is 0. The van der Waals surface area contributed by atoms with E-state index in [9.17, 15) is 5.11 Å². The zero-order chi connectivity index (χ0) is 13.4. The van der Waals surface area contributed by atoms with Gasteiger partial charge in [0.15, 0.2) is 0 Å². The molecular formula is C16H22ClNO. The second-order valence-electron chi connectivity index (χ2n) is 6.25. The van der Waals surface area contributed by atoms with E-state index in [1.807, 2.05) is 18.2 Å². The van der Waals surface area contributed by atoms with E-state index in [2.05, 4.69) is 11.9 Å². The smallest absolute Gasteiger partial charge is 0.0702 e. The standard InChI is InChI=1S/C16H22ClNO/c1-18(9-13-7-11-2-3-12(13)6-11)16-5-4-15(17)8-14(16)10-19/h4-5,8,11-13,19H,2-3,6-7,9-10H2,1H3. The van der Waals surface area contributed by atoms with Crippen molar-refractivity contribution in [2.24, 2.45) is 17.8 Å². The van der Waals surface area contributed by atoms with E-state index in [4.69, 9.17) is 11.6 Å². The molecule has 0 aliphatic heterocycles. The van der Waals surface area contributed by atoms with Crippen LogP contribution in [0.15, 0.2) is 18.2 Å². The fourth-order valence-electron chi connectivity index (χ4n) is 4.10. The van der Waals surface area contributed by atoms with Gasteiger partial charge in [-0.15, -0.1) is 0 Å². The van der Waals surface area contributed by atoms with E-state index in [1.54, 1.807) is 0 Å². The van der Waals surface area contributed by atoms with Gasteiger partial charge in [-0.25, -0.2) is 0 Å². The van der Waals surface area contributed by atoms with E-state index in [1.165, 1.54) is 25.7 Å². The van der Waals surface area contributed by atoms with Crippen molar-refractivity contribution in [3.8, 4) is 0 Å². The van der Waals surface area contributed by atoms with Crippen molar-refractivity contribution in [1.29, 1.82) is 0 Å². The molecule has 1 aromatic carbocycles. The van der Waals surface area contributed by atoms with Crippen LogP contribution in [-0.2, 0) is 6.61 Å². The first-order valence-corrected chi connectivity index (χ1v) is 7.65. The van der Waals surface area contributed by atoms with E-state index in [-0.39, 0.29) is 6.61 Å². The second-order valence-corrected chi connectivity index (χ2v) is 6.68. The van der Waals surface area contributed by atoms with Crippen LogP contribution in [-0.4, -0.2) is 18.7 Å². The van der Waals surface area contributed by atoms with Crippen molar-refractivity contribution < 1.29 is 5.11 Å². The largest absolute Gasteiger partial charge is 0.392 e. The average molecular weight is 280 g/mol. The lowest BCUT2D eigenvalue weighted by Gasteiger charge is -2.29. The minimum Gasteiger partial charge on any atom is -0.392 e. The summed E-state index contributed by atoms with van der Waals surface area (Å²) in [6, 6.07) is 5.81. The van der Waals surface area contributed by atoms with Gasteiger partial charge in [-0.05, 0) is 55.2 Å². The maximum atomic E-state index is 9.47. The maximum Gasteiger partial charge on any atom is 0.0702 e. The number of aliphatic hydroxyl groups is 1. The van der Waals surface area contributed by atoms with Crippen molar-refractivity contribution in [2.75, 3.05) is 18.5 Å². The first-order chi connectivity index (χ1) is 9.17. The Kier molecular flexibility index (Phi) is 3.72. The van der Waals surface area contributed by atoms with Gasteiger partial charge in [0.1, 0.15) is 0 Å². The molecule has 2 nitrogen and oxygen atoms in total. The Balaban J connectivity index is 1.71. The van der Waals surface area contributed by atoms with Gasteiger partial charge in [-0.3, -0.25) is 0 Å². The molecular weight excluding hydrogens is 258 g/mol. The summed E-state index contributed by atoms with van der Waals surface area (Å²) in [5.74, 6) is 2.77. The zero-order valence-electron chi connectivity index (χ0n) is 11.5. The van der Waals surface area contributed by atoms with Gasteiger partial charge in [0, 0.05) is 29.9 Å². The molecule has 104 valence electrons. The van der Waals surface area contributed by atoms with E-state index in [0.29, 0.717) is 5.02 Å². The van der Waals surface area contributed by atoms with E-state index in [0.717, 1.165) is 35.5 Å². The Morgan fingerprint density at radius 3 is 2.79 bits per heavy atom. The third kappa shape index (κ3) is 2.61. The van der Waals surface area contributed by atoms with Gasteiger partial charge in [-0.2, -0.15) is 0 Å². The second kappa shape index (κ2) is 5.34. The highest BCUT2D eigenvalue weighted by atomic mass is 35.5. The van der Waals surface area contributed by atoms with Gasteiger partial charge in [-0.1, -0.05) is 18.0 Å². The molecule has 2 bridgehead atoms. The van der Waals surface area contributed by atoms with Crippen molar-refractivity contribution in [3.05, 3.63) is 28.8 Å². The molecule has 3 rings (SSSR count). The first-order valence-electron chi connectivity index (χ1n) is 7.27. The Bertz CT molecular complexity index is 462. The topological polar surface area (TPSA) is 23.5 Å². The van der Waals surface area contributed by atoms with Gasteiger partial charge in [0.05, 0.1) is 6.61 Å². The maximum absolute atomic E-state index is 9.47. The molecule has 3 unspecified atom stereocenters. The Morgan fingerprint density at radius 2 is 2.16 bits per heavy atom. The molecule has 0 radical (unpaired) electrons. The molecule has 0 aromatic heterocycles. The number of halogens is 1. The minimum absolute atomic E-state index is 0.0525. The van der Waals surface area contributed by atoms with Crippen LogP contribution in [0, 0.1) is 17.8 Å². The molecule has 2 aliphatic rings. The van der Waals surface area contributed by atoms with E-state index < -0.39 is 0 Å². The Labute approximate surface area is 120 Å². The highest BCUT2D eigenvalue weighted by Crippen LogP contribution is 2.48. The number of anilines is 1. The number of hydrogen-bond acceptors (Lipinski definition) is 2. The van der Waals surface area contributed by atoms with Gasteiger partial charge in [0.25, 0.3) is 0 Å². The molecule has 1 aromatic rings. The molecule has 19 heavy (non-hydrogen) atoms. The van der Waals surface area contributed by atoms with Gasteiger partial charge in [0.2, 0.25) is 0 Å². The van der Waals surface area contributed by atoms with Crippen molar-refractivity contribution in [2.45, 2.75) is 32.3 Å². The average Bonchev–Trinajstić information content (AvgIpc) is 3.00. The molecule has 3 heteroatoms. The summed E-state index contributed by atoms with van der Waals surface area (Å²) >= 11 is 5.99. The van der Waals surface area contributed by atoms with Crippen molar-refractivity contribution in [3.63, 3.8) is 0 Å². The Morgan fingerprint density at radius 1 is 1.32 bits per heavy atom. The molecule has 0 heterocycles. The van der Waals surface area contributed by atoms with Crippen LogP contribution in [0.2, 0.25) is 5.02 Å². The van der Waals surface area contributed by atoms with Crippen LogP contribution in [0.3, 0.4) is 0 Å². The number of aliphatic hydroxyl groups excluding tert-OH is 1. The lowest BCUT2D eigenvalue weighted by atomic mass is 9.88. The monoisotopic (exact) mass is 279 g/mol. The van der Waals surface area contributed by atoms with Crippen LogP contribution in [0.4, 0.5) is 5.69 Å². The summed E-state index contributed by atoms with van der Waals surface area (Å²) in [7, 11) is 2.13. The zero-order valence-corrected chi connectivity index (χ0v) is 12.2. The fourth-order valence-corrected chi connectivity index (χ4v) is 4.30. The van der Waals surface area contributed by atoms with Crippen LogP contribution < -0.4 is 4.90 Å². The number of nitrogens with zero attached hydrogens (tertiary/aromatic N) is 1. The summed E-state index contributed by atoms with van der Waals surface area (Å²) in [6.07, 6.45) is 5.73. The fraction of sp³-hybridized carbons (Fsp3) is 0.625. The van der Waals surface area contributed by atoms with Gasteiger partial charge >= 0.3 is 0 Å². The number of fused-ring (bicyclic) bond motifs is 2. The Hall–Kier alpha value is -0.730. The summed E-state index contributed by atoms with van der Waals surface area (Å²) in [6.45, 7) is 1.16. The quantitative estimate of drug-likeness (QED) is 0.908. The van der Waals surface area contributed by atoms with Crippen molar-refractivity contribution in [1.82, 2.24) is 0 Å². The third-order valence-corrected chi connectivity index (χ3v) is 5.25. The van der Waals surface area contributed by atoms with E-state index >= 15 is 0 Å². The molecule has 0 amide bonds. The molecule has 0 spiro atoms. The summed E-state index contributed by atoms with van der Waals surface area (Å²) in [4.78, 5) is 2.30. The van der Waals surface area contributed by atoms with Crippen molar-refractivity contribution >= 4 is 17.3 Å². The third-order valence-electron chi connectivity index (χ3n) is 5.02. The molecule has 2 saturated carbocycles. The van der Waals surface area contributed by atoms with Crippen LogP contribution in [0.1, 0.15) is 31.2 Å². The van der Waals surface area contributed by atoms with Crippen LogP contribution in [0.5, 0.6) is 0 Å². The molecule has 0 saturated heterocycles. The normalized spacial score (nSPS) is 28.9. The first kappa shape index (κ1) is 13.3. The number of rotatable bonds is 4. The minimum atomic E-state index is 0.0525. The van der Waals surface area contributed by atoms with Crippen LogP contribution >= 0.6 is 11.6 Å². The highest BCUT2D eigenvalue weighted by Gasteiger charge is 2.39. The number of hydrogen-bond donors (Lipinski definition) is 1. The molecule has 3 atom stereocenters.